The summed E-state index contributed by atoms with van der Waals surface area (Å²) in [4.78, 5) is 12.3. The molecular formula is C18H15NO3. The van der Waals surface area contributed by atoms with Crippen LogP contribution in [-0.4, -0.2) is 14.2 Å². The van der Waals surface area contributed by atoms with E-state index in [9.17, 15) is 4.79 Å². The Morgan fingerprint density at radius 3 is 2.27 bits per heavy atom. The third-order valence-corrected chi connectivity index (χ3v) is 4.19. The largest absolute Gasteiger partial charge is 0.497 e. The zero-order valence-corrected chi connectivity index (χ0v) is 12.4. The third-order valence-electron chi connectivity index (χ3n) is 4.19. The lowest BCUT2D eigenvalue weighted by Crippen LogP contribution is -2.04. The van der Waals surface area contributed by atoms with E-state index >= 15 is 0 Å². The Kier molecular flexibility index (Phi) is 2.73. The normalized spacial score (nSPS) is 12.5. The molecule has 1 heterocycles. The van der Waals surface area contributed by atoms with Crippen molar-refractivity contribution in [2.75, 3.05) is 19.5 Å². The molecule has 0 atom stereocenters. The maximum absolute atomic E-state index is 12.3. The molecule has 4 nitrogen and oxygen atoms in total. The van der Waals surface area contributed by atoms with Crippen molar-refractivity contribution in [2.45, 2.75) is 6.54 Å². The summed E-state index contributed by atoms with van der Waals surface area (Å²) in [6.45, 7) is 0.636. The van der Waals surface area contributed by atoms with Crippen LogP contribution in [0.25, 0.3) is 22.3 Å². The summed E-state index contributed by atoms with van der Waals surface area (Å²) in [7, 11) is 3.28. The zero-order valence-electron chi connectivity index (χ0n) is 12.4. The predicted molar refractivity (Wildman–Crippen MR) is 86.4 cm³/mol. The van der Waals surface area contributed by atoms with Gasteiger partial charge in [0.1, 0.15) is 11.5 Å². The van der Waals surface area contributed by atoms with Crippen molar-refractivity contribution >= 4 is 5.69 Å². The minimum atomic E-state index is 0.126. The van der Waals surface area contributed by atoms with Gasteiger partial charge in [0.05, 0.1) is 14.2 Å². The van der Waals surface area contributed by atoms with Gasteiger partial charge in [0, 0.05) is 35.0 Å². The molecule has 22 heavy (non-hydrogen) atoms. The van der Waals surface area contributed by atoms with E-state index in [1.165, 1.54) is 0 Å². The smallest absolute Gasteiger partial charge is 0.195 e. The van der Waals surface area contributed by atoms with Gasteiger partial charge in [0.15, 0.2) is 5.43 Å². The van der Waals surface area contributed by atoms with Crippen molar-refractivity contribution in [2.24, 2.45) is 0 Å². The van der Waals surface area contributed by atoms with Gasteiger partial charge in [-0.05, 0) is 35.4 Å². The zero-order chi connectivity index (χ0) is 15.3. The monoisotopic (exact) mass is 293 g/mol. The molecule has 0 saturated heterocycles. The van der Waals surface area contributed by atoms with Crippen LogP contribution >= 0.6 is 0 Å². The predicted octanol–water partition coefficient (Wildman–Crippen LogP) is 3.20. The lowest BCUT2D eigenvalue weighted by Gasteiger charge is -2.16. The van der Waals surface area contributed by atoms with Crippen LogP contribution < -0.4 is 20.2 Å². The molecule has 4 heteroatoms. The van der Waals surface area contributed by atoms with Crippen LogP contribution in [0, 0.1) is 0 Å². The summed E-state index contributed by atoms with van der Waals surface area (Å²) in [5.74, 6) is 1.56. The van der Waals surface area contributed by atoms with Gasteiger partial charge in [-0.15, -0.1) is 0 Å². The SMILES string of the molecule is COc1ccc2c(c1)CNc1cc(OC)ccc1-c1c-2c1=O. The second-order valence-electron chi connectivity index (χ2n) is 5.37. The van der Waals surface area contributed by atoms with E-state index in [4.69, 9.17) is 9.47 Å². The molecule has 0 aliphatic carbocycles. The fourth-order valence-electron chi connectivity index (χ4n) is 2.98. The number of hydrogen-bond donors (Lipinski definition) is 1. The van der Waals surface area contributed by atoms with E-state index < -0.39 is 0 Å². The van der Waals surface area contributed by atoms with Crippen LogP contribution in [0.15, 0.2) is 41.2 Å². The molecule has 0 unspecified atom stereocenters. The molecule has 0 fully saturated rings. The number of ether oxygens (including phenoxy) is 2. The molecule has 0 saturated carbocycles. The van der Waals surface area contributed by atoms with Gasteiger partial charge in [-0.2, -0.15) is 0 Å². The second-order valence-corrected chi connectivity index (χ2v) is 5.37. The quantitative estimate of drug-likeness (QED) is 0.788. The van der Waals surface area contributed by atoms with Gasteiger partial charge >= 0.3 is 0 Å². The first-order chi connectivity index (χ1) is 10.7. The fraction of sp³-hybridized carbons (Fsp3) is 0.167. The van der Waals surface area contributed by atoms with Crippen molar-refractivity contribution < 1.29 is 9.47 Å². The first-order valence-corrected chi connectivity index (χ1v) is 7.11. The average Bonchev–Trinajstić information content (AvgIpc) is 3.20. The molecule has 110 valence electrons. The summed E-state index contributed by atoms with van der Waals surface area (Å²) in [6, 6.07) is 11.6. The first-order valence-electron chi connectivity index (χ1n) is 7.11. The summed E-state index contributed by atoms with van der Waals surface area (Å²) in [5, 5.41) is 3.40. The Hall–Kier alpha value is -2.75. The second kappa shape index (κ2) is 4.63. The number of methoxy groups -OCH3 is 2. The summed E-state index contributed by atoms with van der Waals surface area (Å²) in [5.41, 5.74) is 5.68. The molecular weight excluding hydrogens is 278 g/mol. The summed E-state index contributed by atoms with van der Waals surface area (Å²) in [6.07, 6.45) is 0. The highest BCUT2D eigenvalue weighted by atomic mass is 16.5. The molecule has 0 radical (unpaired) electrons. The Morgan fingerprint density at radius 2 is 1.55 bits per heavy atom. The van der Waals surface area contributed by atoms with E-state index in [-0.39, 0.29) is 5.43 Å². The third kappa shape index (κ3) is 1.80. The minimum absolute atomic E-state index is 0.126. The van der Waals surface area contributed by atoms with Crippen LogP contribution in [0.1, 0.15) is 5.56 Å². The first kappa shape index (κ1) is 13.0. The van der Waals surface area contributed by atoms with E-state index in [1.807, 2.05) is 36.4 Å². The highest BCUT2D eigenvalue weighted by Crippen LogP contribution is 2.43. The Balaban J connectivity index is 1.89. The fourth-order valence-corrected chi connectivity index (χ4v) is 2.98. The Labute approximate surface area is 128 Å². The van der Waals surface area contributed by atoms with Gasteiger partial charge in [0.2, 0.25) is 0 Å². The van der Waals surface area contributed by atoms with Crippen molar-refractivity contribution in [3.8, 4) is 33.8 Å². The standard InChI is InChI=1S/C18H15NO3/c1-21-11-3-5-13-10(7-11)9-19-15-8-12(22-2)4-6-14(15)17-16(13)18(17)20/h3-8,19H,9H2,1-2H3. The molecule has 1 aliphatic heterocycles. The van der Waals surface area contributed by atoms with Gasteiger partial charge < -0.3 is 14.8 Å². The topological polar surface area (TPSA) is 47.6 Å². The van der Waals surface area contributed by atoms with Gasteiger partial charge in [-0.25, -0.2) is 0 Å². The Morgan fingerprint density at radius 1 is 0.909 bits per heavy atom. The van der Waals surface area contributed by atoms with Crippen LogP contribution in [0.5, 0.6) is 11.5 Å². The van der Waals surface area contributed by atoms with E-state index in [2.05, 4.69) is 5.32 Å². The maximum Gasteiger partial charge on any atom is 0.195 e. The maximum atomic E-state index is 12.3. The van der Waals surface area contributed by atoms with Crippen molar-refractivity contribution in [1.29, 1.82) is 0 Å². The number of rotatable bonds is 2. The van der Waals surface area contributed by atoms with Crippen LogP contribution in [0.2, 0.25) is 0 Å². The number of anilines is 1. The lowest BCUT2D eigenvalue weighted by molar-refractivity contribution is 0.414. The van der Waals surface area contributed by atoms with E-state index in [0.717, 1.165) is 45.0 Å². The van der Waals surface area contributed by atoms with Crippen molar-refractivity contribution in [1.82, 2.24) is 0 Å². The lowest BCUT2D eigenvalue weighted by atomic mass is 10.00. The van der Waals surface area contributed by atoms with Crippen molar-refractivity contribution in [3.05, 3.63) is 52.2 Å². The van der Waals surface area contributed by atoms with E-state index in [0.29, 0.717) is 6.54 Å². The number of fused-ring (bicyclic) bond motifs is 5. The highest BCUT2D eigenvalue weighted by molar-refractivity contribution is 6.00. The van der Waals surface area contributed by atoms with Crippen LogP contribution in [-0.2, 0) is 6.54 Å². The average molecular weight is 293 g/mol. The molecule has 4 rings (SSSR count). The molecule has 0 aromatic heterocycles. The van der Waals surface area contributed by atoms with E-state index in [1.54, 1.807) is 14.2 Å². The highest BCUT2D eigenvalue weighted by Gasteiger charge is 2.30. The molecule has 3 aromatic carbocycles. The van der Waals surface area contributed by atoms with Crippen molar-refractivity contribution in [3.63, 3.8) is 0 Å². The molecule has 1 N–H and O–H groups in total. The molecule has 1 aliphatic rings. The number of benzene rings is 2. The molecule has 3 aromatic rings. The molecule has 0 spiro atoms. The summed E-state index contributed by atoms with van der Waals surface area (Å²) >= 11 is 0. The van der Waals surface area contributed by atoms with Gasteiger partial charge in [-0.3, -0.25) is 4.79 Å². The molecule has 0 amide bonds. The molecule has 0 bridgehead atoms. The van der Waals surface area contributed by atoms with Gasteiger partial charge in [0.25, 0.3) is 0 Å². The summed E-state index contributed by atoms with van der Waals surface area (Å²) < 4.78 is 10.6. The Bertz CT molecular complexity index is 817. The van der Waals surface area contributed by atoms with Gasteiger partial charge in [-0.1, -0.05) is 6.07 Å². The number of nitrogens with one attached hydrogen (secondary N) is 1. The minimum Gasteiger partial charge on any atom is -0.497 e. The van der Waals surface area contributed by atoms with Crippen LogP contribution in [0.3, 0.4) is 0 Å². The number of hydrogen-bond acceptors (Lipinski definition) is 4. The van der Waals surface area contributed by atoms with Crippen LogP contribution in [0.4, 0.5) is 5.69 Å².